The van der Waals surface area contributed by atoms with Gasteiger partial charge >= 0.3 is 0 Å². The molecule has 0 atom stereocenters. The van der Waals surface area contributed by atoms with E-state index in [2.05, 4.69) is 35.7 Å². The van der Waals surface area contributed by atoms with E-state index >= 15 is 0 Å². The van der Waals surface area contributed by atoms with Crippen molar-refractivity contribution in [2.45, 2.75) is 19.3 Å². The van der Waals surface area contributed by atoms with Gasteiger partial charge in [-0.15, -0.1) is 0 Å². The molecule has 2 amide bonds. The predicted octanol–water partition coefficient (Wildman–Crippen LogP) is 0.625. The average molecular weight is 324 g/mol. The van der Waals surface area contributed by atoms with Crippen LogP contribution in [0.3, 0.4) is 0 Å². The van der Waals surface area contributed by atoms with Gasteiger partial charge in [0.05, 0.1) is 0 Å². The number of nitrogens with zero attached hydrogens (tertiary/aromatic N) is 2. The number of hydrogen-bond donors (Lipinski definition) is 2. The molecule has 0 rings (SSSR count). The van der Waals surface area contributed by atoms with Gasteiger partial charge in [-0.2, -0.15) is 0 Å². The summed E-state index contributed by atoms with van der Waals surface area (Å²) in [5.74, 6) is -0.243. The van der Waals surface area contributed by atoms with Crippen molar-refractivity contribution < 1.29 is 9.59 Å². The lowest BCUT2D eigenvalue weighted by Crippen LogP contribution is -2.35. The summed E-state index contributed by atoms with van der Waals surface area (Å²) in [5.41, 5.74) is 0. The smallest absolute Gasteiger partial charge is 0.245 e. The Hall–Kier alpha value is -1.66. The molecule has 0 aliphatic rings. The molecule has 0 aliphatic heterocycles. The van der Waals surface area contributed by atoms with Gasteiger partial charge in [0.2, 0.25) is 11.8 Å². The zero-order valence-corrected chi connectivity index (χ0v) is 14.6. The number of nitrogens with one attached hydrogen (secondary N) is 2. The van der Waals surface area contributed by atoms with Crippen molar-refractivity contribution in [3.8, 4) is 0 Å². The monoisotopic (exact) mass is 324 g/mol. The molecule has 0 spiro atoms. The maximum atomic E-state index is 11.9. The summed E-state index contributed by atoms with van der Waals surface area (Å²) in [6.45, 7) is 11.8. The van der Waals surface area contributed by atoms with E-state index in [1.165, 1.54) is 12.2 Å². The second kappa shape index (κ2) is 14.0. The van der Waals surface area contributed by atoms with E-state index < -0.39 is 0 Å². The molecule has 0 aromatic heterocycles. The summed E-state index contributed by atoms with van der Waals surface area (Å²) >= 11 is 0. The number of rotatable bonds is 14. The van der Waals surface area contributed by atoms with E-state index in [0.717, 1.165) is 38.9 Å². The van der Waals surface area contributed by atoms with Crippen LogP contribution < -0.4 is 10.6 Å². The Morgan fingerprint density at radius 1 is 0.957 bits per heavy atom. The minimum absolute atomic E-state index is 0.0575. The topological polar surface area (TPSA) is 64.7 Å². The molecule has 132 valence electrons. The van der Waals surface area contributed by atoms with Gasteiger partial charge in [0.25, 0.3) is 0 Å². The van der Waals surface area contributed by atoms with Gasteiger partial charge in [0, 0.05) is 19.6 Å². The van der Waals surface area contributed by atoms with Gasteiger partial charge in [-0.25, -0.2) is 0 Å². The molecular weight excluding hydrogens is 292 g/mol. The van der Waals surface area contributed by atoms with E-state index in [0.29, 0.717) is 19.6 Å². The number of carbonyl (C=O) groups excluding carboxylic acids is 2. The Morgan fingerprint density at radius 3 is 2.17 bits per heavy atom. The molecule has 0 aromatic rings. The molecule has 2 N–H and O–H groups in total. The van der Waals surface area contributed by atoms with Crippen molar-refractivity contribution in [3.05, 3.63) is 25.3 Å². The maximum absolute atomic E-state index is 11.9. The number of carbonyl (C=O) groups is 2. The Kier molecular flexibility index (Phi) is 13.0. The van der Waals surface area contributed by atoms with Crippen LogP contribution in [0.25, 0.3) is 0 Å². The standard InChI is InChI=1S/C17H32N4O2/c1-5-16(22)19-11-8-14-21(17(23)6-2)15-9-13-20(4)12-7-10-18-3/h5-6,18H,1-2,7-15H2,3-4H3,(H,19,22). The molecule has 0 fully saturated rings. The third-order valence-electron chi connectivity index (χ3n) is 3.51. The molecule has 0 aromatic carbocycles. The first-order valence-corrected chi connectivity index (χ1v) is 8.19. The predicted molar refractivity (Wildman–Crippen MR) is 95.3 cm³/mol. The Labute approximate surface area is 140 Å². The van der Waals surface area contributed by atoms with Crippen LogP contribution in [-0.4, -0.2) is 75.0 Å². The lowest BCUT2D eigenvalue weighted by atomic mass is 10.3. The van der Waals surface area contributed by atoms with Crippen molar-refractivity contribution in [3.63, 3.8) is 0 Å². The van der Waals surface area contributed by atoms with Crippen LogP contribution in [0, 0.1) is 0 Å². The fourth-order valence-electron chi connectivity index (χ4n) is 2.18. The Balaban J connectivity index is 4.00. The van der Waals surface area contributed by atoms with E-state index in [1.807, 2.05) is 7.05 Å². The van der Waals surface area contributed by atoms with Gasteiger partial charge in [0.1, 0.15) is 0 Å². The molecular formula is C17H32N4O2. The van der Waals surface area contributed by atoms with Gasteiger partial charge in [-0.1, -0.05) is 13.2 Å². The zero-order valence-electron chi connectivity index (χ0n) is 14.6. The molecule has 0 unspecified atom stereocenters. The molecule has 6 heteroatoms. The third kappa shape index (κ3) is 11.5. The van der Waals surface area contributed by atoms with Crippen LogP contribution in [0.2, 0.25) is 0 Å². The van der Waals surface area contributed by atoms with Crippen molar-refractivity contribution in [1.29, 1.82) is 0 Å². The van der Waals surface area contributed by atoms with Crippen LogP contribution in [0.15, 0.2) is 25.3 Å². The summed E-state index contributed by atoms with van der Waals surface area (Å²) in [6.07, 6.45) is 5.35. The average Bonchev–Trinajstić information content (AvgIpc) is 2.56. The molecule has 6 nitrogen and oxygen atoms in total. The van der Waals surface area contributed by atoms with Crippen LogP contribution >= 0.6 is 0 Å². The van der Waals surface area contributed by atoms with Gasteiger partial charge in [-0.05, 0) is 65.1 Å². The molecule has 0 bridgehead atoms. The highest BCUT2D eigenvalue weighted by molar-refractivity contribution is 5.87. The van der Waals surface area contributed by atoms with E-state index in [-0.39, 0.29) is 11.8 Å². The van der Waals surface area contributed by atoms with Crippen molar-refractivity contribution in [1.82, 2.24) is 20.4 Å². The van der Waals surface area contributed by atoms with E-state index in [4.69, 9.17) is 0 Å². The highest BCUT2D eigenvalue weighted by Crippen LogP contribution is 1.98. The lowest BCUT2D eigenvalue weighted by molar-refractivity contribution is -0.126. The highest BCUT2D eigenvalue weighted by atomic mass is 16.2. The van der Waals surface area contributed by atoms with E-state index in [9.17, 15) is 9.59 Å². The molecule has 23 heavy (non-hydrogen) atoms. The second-order valence-corrected chi connectivity index (χ2v) is 5.49. The quantitative estimate of drug-likeness (QED) is 0.363. The van der Waals surface area contributed by atoms with Crippen LogP contribution in [0.4, 0.5) is 0 Å². The highest BCUT2D eigenvalue weighted by Gasteiger charge is 2.10. The van der Waals surface area contributed by atoms with Crippen LogP contribution in [-0.2, 0) is 9.59 Å². The first kappa shape index (κ1) is 21.3. The van der Waals surface area contributed by atoms with Gasteiger partial charge in [0.15, 0.2) is 0 Å². The Bertz CT molecular complexity index is 372. The number of amides is 2. The molecule has 0 aliphatic carbocycles. The summed E-state index contributed by atoms with van der Waals surface area (Å²) in [5, 5.41) is 5.85. The second-order valence-electron chi connectivity index (χ2n) is 5.49. The maximum Gasteiger partial charge on any atom is 0.245 e. The van der Waals surface area contributed by atoms with Crippen LogP contribution in [0.1, 0.15) is 19.3 Å². The molecule has 0 heterocycles. The first-order valence-electron chi connectivity index (χ1n) is 8.19. The SMILES string of the molecule is C=CC(=O)NCCCN(CCCN(C)CCCNC)C(=O)C=C. The Morgan fingerprint density at radius 2 is 1.57 bits per heavy atom. The number of hydrogen-bond acceptors (Lipinski definition) is 4. The fraction of sp³-hybridized carbons (Fsp3) is 0.647. The molecule has 0 saturated heterocycles. The van der Waals surface area contributed by atoms with Gasteiger partial charge in [-0.3, -0.25) is 9.59 Å². The van der Waals surface area contributed by atoms with Crippen LogP contribution in [0.5, 0.6) is 0 Å². The zero-order chi connectivity index (χ0) is 17.5. The van der Waals surface area contributed by atoms with Crippen molar-refractivity contribution in [2.24, 2.45) is 0 Å². The minimum atomic E-state index is -0.185. The van der Waals surface area contributed by atoms with Crippen molar-refractivity contribution >= 4 is 11.8 Å². The van der Waals surface area contributed by atoms with Crippen molar-refractivity contribution in [2.75, 3.05) is 53.4 Å². The normalized spacial score (nSPS) is 10.4. The summed E-state index contributed by atoms with van der Waals surface area (Å²) in [7, 11) is 4.05. The molecule has 0 saturated carbocycles. The summed E-state index contributed by atoms with van der Waals surface area (Å²) in [4.78, 5) is 27.0. The third-order valence-corrected chi connectivity index (χ3v) is 3.51. The lowest BCUT2D eigenvalue weighted by Gasteiger charge is -2.23. The first-order chi connectivity index (χ1) is 11.0. The summed E-state index contributed by atoms with van der Waals surface area (Å²) < 4.78 is 0. The fourth-order valence-corrected chi connectivity index (χ4v) is 2.18. The molecule has 0 radical (unpaired) electrons. The minimum Gasteiger partial charge on any atom is -0.353 e. The largest absolute Gasteiger partial charge is 0.353 e. The summed E-state index contributed by atoms with van der Waals surface area (Å²) in [6, 6.07) is 0. The van der Waals surface area contributed by atoms with E-state index in [1.54, 1.807) is 4.90 Å². The van der Waals surface area contributed by atoms with Gasteiger partial charge < -0.3 is 20.4 Å².